The van der Waals surface area contributed by atoms with E-state index in [0.717, 1.165) is 17.5 Å². The second kappa shape index (κ2) is 7.20. The van der Waals surface area contributed by atoms with Crippen LogP contribution in [0.2, 0.25) is 5.02 Å². The van der Waals surface area contributed by atoms with Crippen LogP contribution in [0.5, 0.6) is 0 Å². The van der Waals surface area contributed by atoms with Crippen molar-refractivity contribution in [2.75, 3.05) is 6.54 Å². The molecule has 0 aromatic heterocycles. The number of nitrogens with one attached hydrogen (secondary N) is 1. The number of halogens is 1. The van der Waals surface area contributed by atoms with Gasteiger partial charge in [-0.2, -0.15) is 0 Å². The zero-order valence-electron chi connectivity index (χ0n) is 13.3. The number of aryl methyl sites for hydroxylation is 1. The van der Waals surface area contributed by atoms with Crippen molar-refractivity contribution in [2.24, 2.45) is 0 Å². The molecule has 0 spiro atoms. The minimum absolute atomic E-state index is 0.234. The number of rotatable bonds is 4. The Kier molecular flexibility index (Phi) is 5.03. The molecule has 1 amide bonds. The van der Waals surface area contributed by atoms with Gasteiger partial charge in [0.1, 0.15) is 0 Å². The number of aliphatic hydroxyl groups is 1. The van der Waals surface area contributed by atoms with E-state index in [1.807, 2.05) is 36.4 Å². The van der Waals surface area contributed by atoms with Gasteiger partial charge in [0.25, 0.3) is 0 Å². The van der Waals surface area contributed by atoms with E-state index in [2.05, 4.69) is 11.4 Å². The number of fused-ring (bicyclic) bond motifs is 1. The molecule has 0 aliphatic heterocycles. The number of benzene rings is 2. The first-order chi connectivity index (χ1) is 11.6. The molecule has 0 radical (unpaired) electrons. The van der Waals surface area contributed by atoms with E-state index in [0.29, 0.717) is 17.9 Å². The Morgan fingerprint density at radius 2 is 1.88 bits per heavy atom. The van der Waals surface area contributed by atoms with Crippen LogP contribution in [0, 0.1) is 0 Å². The number of hydrogen-bond donors (Lipinski definition) is 2. The second-order valence-corrected chi connectivity index (χ2v) is 6.65. The molecule has 0 saturated heterocycles. The lowest BCUT2D eigenvalue weighted by Crippen LogP contribution is -2.46. The van der Waals surface area contributed by atoms with Gasteiger partial charge in [0.2, 0.25) is 5.91 Å². The number of carbonyl (C=O) groups is 1. The summed E-state index contributed by atoms with van der Waals surface area (Å²) in [4.78, 5) is 12.0. The average Bonchev–Trinajstić information content (AvgIpc) is 2.59. The SMILES string of the molecule is O=C(/C=C/c1ccccc1Cl)NC[C@@]1(O)CCc2ccccc2C1. The lowest BCUT2D eigenvalue weighted by molar-refractivity contribution is -0.117. The summed E-state index contributed by atoms with van der Waals surface area (Å²) in [5.41, 5.74) is 2.35. The molecule has 2 aromatic carbocycles. The molecule has 0 heterocycles. The Bertz CT molecular complexity index is 772. The molecule has 1 aliphatic carbocycles. The molecule has 124 valence electrons. The van der Waals surface area contributed by atoms with E-state index < -0.39 is 5.60 Å². The molecule has 1 atom stereocenters. The van der Waals surface area contributed by atoms with E-state index in [1.54, 1.807) is 12.1 Å². The third-order valence-corrected chi connectivity index (χ3v) is 4.75. The molecule has 4 heteroatoms. The first-order valence-corrected chi connectivity index (χ1v) is 8.43. The van der Waals surface area contributed by atoms with Crippen LogP contribution >= 0.6 is 11.6 Å². The topological polar surface area (TPSA) is 49.3 Å². The van der Waals surface area contributed by atoms with E-state index in [-0.39, 0.29) is 12.5 Å². The maximum Gasteiger partial charge on any atom is 0.244 e. The summed E-state index contributed by atoms with van der Waals surface area (Å²) in [6.07, 6.45) is 5.17. The maximum atomic E-state index is 12.0. The van der Waals surface area contributed by atoms with Crippen molar-refractivity contribution < 1.29 is 9.90 Å². The van der Waals surface area contributed by atoms with Gasteiger partial charge in [0.05, 0.1) is 5.60 Å². The van der Waals surface area contributed by atoms with E-state index in [4.69, 9.17) is 11.6 Å². The summed E-state index contributed by atoms with van der Waals surface area (Å²) in [5.74, 6) is -0.234. The van der Waals surface area contributed by atoms with Crippen LogP contribution in [-0.4, -0.2) is 23.2 Å². The molecule has 3 rings (SSSR count). The van der Waals surface area contributed by atoms with Crippen molar-refractivity contribution in [1.82, 2.24) is 5.32 Å². The van der Waals surface area contributed by atoms with Crippen molar-refractivity contribution in [2.45, 2.75) is 24.9 Å². The predicted molar refractivity (Wildman–Crippen MR) is 96.9 cm³/mol. The van der Waals surface area contributed by atoms with Crippen molar-refractivity contribution in [3.05, 3.63) is 76.3 Å². The van der Waals surface area contributed by atoms with Crippen molar-refractivity contribution in [1.29, 1.82) is 0 Å². The fourth-order valence-corrected chi connectivity index (χ4v) is 3.22. The van der Waals surface area contributed by atoms with Gasteiger partial charge in [0, 0.05) is 24.1 Å². The van der Waals surface area contributed by atoms with Gasteiger partial charge in [0.15, 0.2) is 0 Å². The van der Waals surface area contributed by atoms with E-state index in [1.165, 1.54) is 11.6 Å². The molecule has 0 bridgehead atoms. The largest absolute Gasteiger partial charge is 0.388 e. The quantitative estimate of drug-likeness (QED) is 0.837. The van der Waals surface area contributed by atoms with Gasteiger partial charge < -0.3 is 10.4 Å². The Hall–Kier alpha value is -2.10. The molecule has 2 aromatic rings. The summed E-state index contributed by atoms with van der Waals surface area (Å²) >= 11 is 6.05. The average molecular weight is 342 g/mol. The summed E-state index contributed by atoms with van der Waals surface area (Å²) in [7, 11) is 0. The molecule has 3 nitrogen and oxygen atoms in total. The van der Waals surface area contributed by atoms with Gasteiger partial charge in [-0.3, -0.25) is 4.79 Å². The van der Waals surface area contributed by atoms with Crippen LogP contribution in [-0.2, 0) is 17.6 Å². The first kappa shape index (κ1) is 16.7. The monoisotopic (exact) mass is 341 g/mol. The number of carbonyl (C=O) groups excluding carboxylic acids is 1. The van der Waals surface area contributed by atoms with E-state index >= 15 is 0 Å². The van der Waals surface area contributed by atoms with Gasteiger partial charge in [-0.05, 0) is 41.7 Å². The highest BCUT2D eigenvalue weighted by Crippen LogP contribution is 2.28. The highest BCUT2D eigenvalue weighted by molar-refractivity contribution is 6.32. The molecule has 2 N–H and O–H groups in total. The summed E-state index contributed by atoms with van der Waals surface area (Å²) in [6.45, 7) is 0.243. The molecule has 24 heavy (non-hydrogen) atoms. The predicted octanol–water partition coefficient (Wildman–Crippen LogP) is 3.39. The van der Waals surface area contributed by atoms with E-state index in [9.17, 15) is 9.90 Å². The Labute approximate surface area is 147 Å². The summed E-state index contributed by atoms with van der Waals surface area (Å²) in [5, 5.41) is 14.1. The zero-order chi connectivity index (χ0) is 17.0. The minimum atomic E-state index is -0.887. The Balaban J connectivity index is 1.58. The molecule has 0 unspecified atom stereocenters. The lowest BCUT2D eigenvalue weighted by atomic mass is 9.80. The third-order valence-electron chi connectivity index (χ3n) is 4.41. The van der Waals surface area contributed by atoms with Crippen LogP contribution in [0.1, 0.15) is 23.1 Å². The fraction of sp³-hybridized carbons (Fsp3) is 0.250. The first-order valence-electron chi connectivity index (χ1n) is 8.05. The maximum absolute atomic E-state index is 12.0. The van der Waals surface area contributed by atoms with Gasteiger partial charge >= 0.3 is 0 Å². The zero-order valence-corrected chi connectivity index (χ0v) is 14.1. The summed E-state index contributed by atoms with van der Waals surface area (Å²) in [6, 6.07) is 15.5. The van der Waals surface area contributed by atoms with Crippen molar-refractivity contribution >= 4 is 23.6 Å². The van der Waals surface area contributed by atoms with Gasteiger partial charge in [-0.15, -0.1) is 0 Å². The van der Waals surface area contributed by atoms with Crippen LogP contribution in [0.15, 0.2) is 54.6 Å². The van der Waals surface area contributed by atoms with Crippen LogP contribution in [0.4, 0.5) is 0 Å². The molecular weight excluding hydrogens is 322 g/mol. The standard InChI is InChI=1S/C20H20ClNO2/c21-18-8-4-3-6-16(18)9-10-19(23)22-14-20(24)12-11-15-5-1-2-7-17(15)13-20/h1-10,24H,11-14H2,(H,22,23)/b10-9+/t20-/m1/s1. The summed E-state index contributed by atoms with van der Waals surface area (Å²) < 4.78 is 0. The molecule has 0 saturated carbocycles. The Morgan fingerprint density at radius 1 is 1.17 bits per heavy atom. The highest BCUT2D eigenvalue weighted by atomic mass is 35.5. The number of amides is 1. The smallest absolute Gasteiger partial charge is 0.244 e. The normalized spacial score (nSPS) is 19.9. The van der Waals surface area contributed by atoms with Crippen LogP contribution < -0.4 is 5.32 Å². The second-order valence-electron chi connectivity index (χ2n) is 6.24. The van der Waals surface area contributed by atoms with Crippen molar-refractivity contribution in [3.63, 3.8) is 0 Å². The molecule has 1 aliphatic rings. The Morgan fingerprint density at radius 3 is 2.67 bits per heavy atom. The van der Waals surface area contributed by atoms with Crippen molar-refractivity contribution in [3.8, 4) is 0 Å². The third kappa shape index (κ3) is 4.05. The number of hydrogen-bond acceptors (Lipinski definition) is 2. The fourth-order valence-electron chi connectivity index (χ4n) is 3.02. The van der Waals surface area contributed by atoms with Crippen LogP contribution in [0.3, 0.4) is 0 Å². The van der Waals surface area contributed by atoms with Gasteiger partial charge in [-0.1, -0.05) is 54.1 Å². The van der Waals surface area contributed by atoms with Gasteiger partial charge in [-0.25, -0.2) is 0 Å². The lowest BCUT2D eigenvalue weighted by Gasteiger charge is -2.33. The highest BCUT2D eigenvalue weighted by Gasteiger charge is 2.32. The molecule has 0 fully saturated rings. The molecular formula is C20H20ClNO2. The van der Waals surface area contributed by atoms with Crippen LogP contribution in [0.25, 0.3) is 6.08 Å². The minimum Gasteiger partial charge on any atom is -0.388 e.